The van der Waals surface area contributed by atoms with E-state index in [4.69, 9.17) is 0 Å². The van der Waals surface area contributed by atoms with Crippen LogP contribution in [0.25, 0.3) is 0 Å². The first kappa shape index (κ1) is 11.9. The van der Waals surface area contributed by atoms with E-state index in [1.54, 1.807) is 0 Å². The maximum absolute atomic E-state index is 11.7. The molecule has 0 aliphatic rings. The van der Waals surface area contributed by atoms with E-state index in [2.05, 4.69) is 14.9 Å². The summed E-state index contributed by atoms with van der Waals surface area (Å²) in [6, 6.07) is 3.73. The van der Waals surface area contributed by atoms with Gasteiger partial charge in [-0.25, -0.2) is 0 Å². The van der Waals surface area contributed by atoms with Crippen LogP contribution in [0.3, 0.4) is 0 Å². The van der Waals surface area contributed by atoms with E-state index in [0.717, 1.165) is 11.5 Å². The Kier molecular flexibility index (Phi) is 3.15. The molecule has 0 aliphatic heterocycles. The molecule has 0 unspecified atom stereocenters. The van der Waals surface area contributed by atoms with Crippen LogP contribution in [0.5, 0.6) is 5.75 Å². The molecule has 0 fully saturated rings. The van der Waals surface area contributed by atoms with Crippen molar-refractivity contribution in [3.63, 3.8) is 0 Å². The molecule has 2 N–H and O–H groups in total. The molecule has 1 aromatic heterocycles. The molecule has 1 aromatic carbocycles. The third kappa shape index (κ3) is 2.25. The van der Waals surface area contributed by atoms with Crippen molar-refractivity contribution >= 4 is 28.8 Å². The molecule has 0 saturated heterocycles. The summed E-state index contributed by atoms with van der Waals surface area (Å²) in [6.45, 7) is 0. The molecule has 0 radical (unpaired) electrons. The predicted octanol–water partition coefficient (Wildman–Crippen LogP) is 1.40. The van der Waals surface area contributed by atoms with Crippen LogP contribution in [-0.2, 0) is 0 Å². The van der Waals surface area contributed by atoms with Gasteiger partial charge in [-0.2, -0.15) is 0 Å². The number of nitrogens with zero attached hydrogens (tertiary/aromatic N) is 3. The number of nitro benzene ring substituents is 1. The number of anilines is 1. The predicted molar refractivity (Wildman–Crippen MR) is 62.6 cm³/mol. The fraction of sp³-hybridized carbons (Fsp3) is 0. The van der Waals surface area contributed by atoms with Gasteiger partial charge >= 0.3 is 0 Å². The number of aromatic hydroxyl groups is 1. The molecule has 18 heavy (non-hydrogen) atoms. The average molecular weight is 266 g/mol. The van der Waals surface area contributed by atoms with E-state index in [0.29, 0.717) is 0 Å². The second kappa shape index (κ2) is 4.75. The molecule has 0 atom stereocenters. The summed E-state index contributed by atoms with van der Waals surface area (Å²) in [5, 5.41) is 27.4. The maximum atomic E-state index is 11.7. The Hall–Kier alpha value is -2.55. The fourth-order valence-corrected chi connectivity index (χ4v) is 1.69. The lowest BCUT2D eigenvalue weighted by Crippen LogP contribution is -2.13. The number of phenols is 1. The summed E-state index contributed by atoms with van der Waals surface area (Å²) in [6.07, 6.45) is 0. The number of rotatable bonds is 3. The van der Waals surface area contributed by atoms with Gasteiger partial charge in [0.25, 0.3) is 11.6 Å². The number of hydrogen-bond acceptors (Lipinski definition) is 7. The number of nitrogens with one attached hydrogen (secondary N) is 1. The van der Waals surface area contributed by atoms with Gasteiger partial charge in [-0.1, -0.05) is 10.6 Å². The summed E-state index contributed by atoms with van der Waals surface area (Å²) < 4.78 is 3.50. The van der Waals surface area contributed by atoms with Crippen molar-refractivity contribution < 1.29 is 14.8 Å². The van der Waals surface area contributed by atoms with E-state index in [-0.39, 0.29) is 17.1 Å². The molecular weight excluding hydrogens is 260 g/mol. The van der Waals surface area contributed by atoms with E-state index in [9.17, 15) is 20.0 Å². The summed E-state index contributed by atoms with van der Waals surface area (Å²) in [5.41, 5.74) is -0.635. The van der Waals surface area contributed by atoms with Gasteiger partial charge in [0.05, 0.1) is 4.92 Å². The summed E-state index contributed by atoms with van der Waals surface area (Å²) in [4.78, 5) is 21.7. The SMILES string of the molecule is O=C(Nc1c(O)cccc1[N+](=O)[O-])c1csnn1. The molecule has 0 aliphatic carbocycles. The standard InChI is InChI=1S/C9H6N4O4S/c14-7-3-1-2-6(13(16)17)8(7)10-9(15)5-4-18-12-11-5/h1-4,14H,(H,10,15). The molecule has 9 heteroatoms. The van der Waals surface area contributed by atoms with Gasteiger partial charge in [-0.15, -0.1) is 5.10 Å². The molecule has 0 bridgehead atoms. The maximum Gasteiger partial charge on any atom is 0.296 e. The van der Waals surface area contributed by atoms with Crippen molar-refractivity contribution in [1.82, 2.24) is 9.59 Å². The summed E-state index contributed by atoms with van der Waals surface area (Å²) in [5.74, 6) is -1.06. The third-order valence-corrected chi connectivity index (χ3v) is 2.55. The zero-order valence-corrected chi connectivity index (χ0v) is 9.55. The molecule has 2 aromatic rings. The van der Waals surface area contributed by atoms with Gasteiger partial charge in [-0.05, 0) is 17.6 Å². The van der Waals surface area contributed by atoms with Crippen molar-refractivity contribution in [3.8, 4) is 5.75 Å². The highest BCUT2D eigenvalue weighted by Crippen LogP contribution is 2.33. The molecule has 8 nitrogen and oxygen atoms in total. The van der Waals surface area contributed by atoms with E-state index < -0.39 is 16.5 Å². The minimum absolute atomic E-state index is 0.0255. The number of aromatic nitrogens is 2. The van der Waals surface area contributed by atoms with Gasteiger partial charge in [0.1, 0.15) is 5.75 Å². The quantitative estimate of drug-likeness (QED) is 0.492. The minimum atomic E-state index is -0.700. The van der Waals surface area contributed by atoms with Crippen LogP contribution >= 0.6 is 11.5 Å². The smallest absolute Gasteiger partial charge is 0.296 e. The van der Waals surface area contributed by atoms with Crippen LogP contribution in [-0.4, -0.2) is 25.5 Å². The van der Waals surface area contributed by atoms with Crippen LogP contribution in [0, 0.1) is 10.1 Å². The second-order valence-electron chi connectivity index (χ2n) is 3.17. The highest BCUT2D eigenvalue weighted by Gasteiger charge is 2.20. The number of nitro groups is 1. The van der Waals surface area contributed by atoms with Gasteiger partial charge in [0.2, 0.25) is 0 Å². The zero-order chi connectivity index (χ0) is 13.1. The van der Waals surface area contributed by atoms with Gasteiger partial charge in [-0.3, -0.25) is 14.9 Å². The van der Waals surface area contributed by atoms with Crippen molar-refractivity contribution in [3.05, 3.63) is 39.4 Å². The first-order valence-corrected chi connectivity index (χ1v) is 5.48. The average Bonchev–Trinajstić information content (AvgIpc) is 2.85. The highest BCUT2D eigenvalue weighted by molar-refractivity contribution is 7.03. The van der Waals surface area contributed by atoms with Crippen LogP contribution in [0.2, 0.25) is 0 Å². The Morgan fingerprint density at radius 2 is 2.28 bits per heavy atom. The lowest BCUT2D eigenvalue weighted by atomic mass is 10.2. The van der Waals surface area contributed by atoms with Gasteiger partial charge in [0, 0.05) is 11.4 Å². The second-order valence-corrected chi connectivity index (χ2v) is 3.78. The Balaban J connectivity index is 2.34. The van der Waals surface area contributed by atoms with Gasteiger partial charge < -0.3 is 10.4 Å². The van der Waals surface area contributed by atoms with E-state index >= 15 is 0 Å². The van der Waals surface area contributed by atoms with Crippen molar-refractivity contribution in [1.29, 1.82) is 0 Å². The third-order valence-electron chi connectivity index (χ3n) is 2.05. The monoisotopic (exact) mass is 266 g/mol. The Morgan fingerprint density at radius 3 is 2.89 bits per heavy atom. The zero-order valence-electron chi connectivity index (χ0n) is 8.73. The first-order valence-electron chi connectivity index (χ1n) is 4.64. The number of carbonyl (C=O) groups excluding carboxylic acids is 1. The highest BCUT2D eigenvalue weighted by atomic mass is 32.1. The van der Waals surface area contributed by atoms with Crippen LogP contribution in [0.15, 0.2) is 23.6 Å². The topological polar surface area (TPSA) is 118 Å². The molecule has 0 spiro atoms. The van der Waals surface area contributed by atoms with Crippen LogP contribution in [0.1, 0.15) is 10.5 Å². The molecule has 92 valence electrons. The van der Waals surface area contributed by atoms with Crippen molar-refractivity contribution in [2.45, 2.75) is 0 Å². The Bertz CT molecular complexity index is 599. The first-order chi connectivity index (χ1) is 8.59. The molecular formula is C9H6N4O4S. The van der Waals surface area contributed by atoms with Crippen LogP contribution in [0.4, 0.5) is 11.4 Å². The molecule has 0 saturated carbocycles. The van der Waals surface area contributed by atoms with Crippen molar-refractivity contribution in [2.24, 2.45) is 0 Å². The summed E-state index contributed by atoms with van der Waals surface area (Å²) in [7, 11) is 0. The minimum Gasteiger partial charge on any atom is -0.505 e. The van der Waals surface area contributed by atoms with E-state index in [1.165, 1.54) is 23.6 Å². The fourth-order valence-electron chi connectivity index (χ4n) is 1.25. The Morgan fingerprint density at radius 1 is 1.50 bits per heavy atom. The lowest BCUT2D eigenvalue weighted by Gasteiger charge is -2.05. The van der Waals surface area contributed by atoms with Gasteiger partial charge in [0.15, 0.2) is 11.4 Å². The molecule has 2 rings (SSSR count). The number of carbonyl (C=O) groups is 1. The number of hydrogen-bond donors (Lipinski definition) is 2. The number of benzene rings is 1. The molecule has 1 heterocycles. The lowest BCUT2D eigenvalue weighted by molar-refractivity contribution is -0.384. The normalized spacial score (nSPS) is 10.0. The number of phenolic OH excluding ortho intramolecular Hbond substituents is 1. The van der Waals surface area contributed by atoms with E-state index in [1.807, 2.05) is 0 Å². The molecule has 1 amide bonds. The largest absolute Gasteiger partial charge is 0.505 e. The Labute approximate surface area is 104 Å². The van der Waals surface area contributed by atoms with Crippen molar-refractivity contribution in [2.75, 3.05) is 5.32 Å². The number of para-hydroxylation sites is 1. The van der Waals surface area contributed by atoms with Crippen LogP contribution < -0.4 is 5.32 Å². The summed E-state index contributed by atoms with van der Waals surface area (Å²) >= 11 is 0.975. The number of amides is 1.